The number of nitrogens with zero attached hydrogens (tertiary/aromatic N) is 1. The number of likely N-dealkylation sites (N-methyl/N-ethyl adjacent to an activating group) is 1. The number of quaternary nitrogens is 1. The molecule has 0 radical (unpaired) electrons. The maximum atomic E-state index is 12.7. The zero-order valence-corrected chi connectivity index (χ0v) is 37.7. The van der Waals surface area contributed by atoms with Crippen LogP contribution < -0.4 is 0 Å². The van der Waals surface area contributed by atoms with Crippen LogP contribution in [0.4, 0.5) is 0 Å². The summed E-state index contributed by atoms with van der Waals surface area (Å²) in [4.78, 5) is 22.9. The van der Waals surface area contributed by atoms with Crippen LogP contribution in [-0.2, 0) is 27.9 Å². The van der Waals surface area contributed by atoms with Crippen molar-refractivity contribution in [2.75, 3.05) is 54.1 Å². The van der Waals surface area contributed by atoms with E-state index >= 15 is 0 Å². The third-order valence-electron chi connectivity index (χ3n) is 9.31. The third-order valence-corrected chi connectivity index (χ3v) is 10.3. The smallest absolute Gasteiger partial charge is 0.457 e. The number of rotatable bonds is 41. The predicted octanol–water partition coefficient (Wildman–Crippen LogP) is 13.3. The van der Waals surface area contributed by atoms with Crippen LogP contribution in [0.25, 0.3) is 0 Å². The first-order chi connectivity index (χ1) is 27.1. The first-order valence-electron chi connectivity index (χ1n) is 22.5. The minimum absolute atomic E-state index is 0.0823. The average Bonchev–Trinajstić information content (AvgIpc) is 3.15. The highest BCUT2D eigenvalue weighted by Gasteiger charge is 2.26. The molecule has 0 aromatic rings. The predicted molar refractivity (Wildman–Crippen MR) is 238 cm³/mol. The number of phosphoric ester groups is 1. The van der Waals surface area contributed by atoms with Gasteiger partial charge in [0, 0.05) is 13.0 Å². The van der Waals surface area contributed by atoms with E-state index in [1.165, 1.54) is 77.0 Å². The van der Waals surface area contributed by atoms with Gasteiger partial charge < -0.3 is 18.9 Å². The van der Waals surface area contributed by atoms with Crippen molar-refractivity contribution in [1.82, 2.24) is 0 Å². The van der Waals surface area contributed by atoms with Crippen molar-refractivity contribution in [3.05, 3.63) is 60.8 Å². The van der Waals surface area contributed by atoms with Crippen molar-refractivity contribution in [3.8, 4) is 0 Å². The van der Waals surface area contributed by atoms with Crippen molar-refractivity contribution in [2.45, 2.75) is 180 Å². The summed E-state index contributed by atoms with van der Waals surface area (Å²) in [6.07, 6.45) is 49.7. The van der Waals surface area contributed by atoms with Crippen LogP contribution >= 0.6 is 7.82 Å². The van der Waals surface area contributed by atoms with Crippen molar-refractivity contribution in [3.63, 3.8) is 0 Å². The Kier molecular flexibility index (Phi) is 38.7. The molecular weight excluding hydrogens is 721 g/mol. The molecule has 0 aliphatic carbocycles. The Morgan fingerprint density at radius 3 is 1.57 bits per heavy atom. The molecule has 0 aliphatic heterocycles. The summed E-state index contributed by atoms with van der Waals surface area (Å²) in [5, 5.41) is 0. The Labute approximate surface area is 345 Å². The lowest BCUT2D eigenvalue weighted by molar-refractivity contribution is -0.870. The Balaban J connectivity index is 4.25. The van der Waals surface area contributed by atoms with Gasteiger partial charge in [-0.1, -0.05) is 152 Å². The average molecular weight is 809 g/mol. The standard InChI is InChI=1S/C47H86NO7P/c1-6-8-10-12-14-16-18-20-22-23-24-25-26-27-29-31-33-35-37-39-42-52-44-46(45-54-56(50,51)53-43-41-48(3,4)5)55-47(49)40-38-36-34-32-30-28-21-19-17-15-13-11-9-7-2/h8,10,14,16,19-22,24-25,46H,6-7,9,11-13,15,17-18,23,26-45H2,1-5H3/p+1/b10-8-,16-14-,21-19-,22-20-,25-24-. The molecule has 9 heteroatoms. The second kappa shape index (κ2) is 40.0. The molecule has 0 spiro atoms. The van der Waals surface area contributed by atoms with E-state index in [0.717, 1.165) is 77.0 Å². The molecule has 0 aliphatic rings. The molecule has 0 aromatic heterocycles. The Bertz CT molecular complexity index is 1080. The second-order valence-corrected chi connectivity index (χ2v) is 17.5. The minimum atomic E-state index is -4.28. The first kappa shape index (κ1) is 54.2. The highest BCUT2D eigenvalue weighted by atomic mass is 31.2. The van der Waals surface area contributed by atoms with Gasteiger partial charge >= 0.3 is 13.8 Å². The number of hydrogen-bond donors (Lipinski definition) is 1. The van der Waals surface area contributed by atoms with Gasteiger partial charge in [-0.05, 0) is 77.0 Å². The molecule has 0 rings (SSSR count). The van der Waals surface area contributed by atoms with Crippen LogP contribution in [-0.4, -0.2) is 75.6 Å². The Hall–Kier alpha value is -1.80. The number of ether oxygens (including phenoxy) is 2. The van der Waals surface area contributed by atoms with Gasteiger partial charge in [0.15, 0.2) is 0 Å². The highest BCUT2D eigenvalue weighted by molar-refractivity contribution is 7.47. The van der Waals surface area contributed by atoms with Crippen LogP contribution in [0.2, 0.25) is 0 Å². The summed E-state index contributed by atoms with van der Waals surface area (Å²) in [6.45, 7) is 5.46. The van der Waals surface area contributed by atoms with Gasteiger partial charge in [-0.15, -0.1) is 0 Å². The van der Waals surface area contributed by atoms with Gasteiger partial charge in [-0.2, -0.15) is 0 Å². The van der Waals surface area contributed by atoms with Crippen molar-refractivity contribution < 1.29 is 37.3 Å². The molecule has 0 aromatic carbocycles. The van der Waals surface area contributed by atoms with E-state index in [1.807, 2.05) is 21.1 Å². The maximum Gasteiger partial charge on any atom is 0.472 e. The quantitative estimate of drug-likeness (QED) is 0.0216. The molecule has 0 heterocycles. The fourth-order valence-corrected chi connectivity index (χ4v) is 6.57. The van der Waals surface area contributed by atoms with Crippen LogP contribution in [0, 0.1) is 0 Å². The summed E-state index contributed by atoms with van der Waals surface area (Å²) in [7, 11) is 1.65. The van der Waals surface area contributed by atoms with Crippen LogP contribution in [0.15, 0.2) is 60.8 Å². The SMILES string of the molecule is CC/C=C\C/C=C\C/C=C\C/C=C\CCCCCCCCCOCC(COP(=O)(O)OCC[N+](C)(C)C)OC(=O)CCCCCCC/C=C\CCCCCCC. The highest BCUT2D eigenvalue weighted by Crippen LogP contribution is 2.43. The molecule has 0 bridgehead atoms. The zero-order valence-electron chi connectivity index (χ0n) is 36.9. The fourth-order valence-electron chi connectivity index (χ4n) is 5.83. The molecule has 56 heavy (non-hydrogen) atoms. The normalized spacial score (nSPS) is 14.3. The fraction of sp³-hybridized carbons (Fsp3) is 0.766. The lowest BCUT2D eigenvalue weighted by atomic mass is 10.1. The van der Waals surface area contributed by atoms with Crippen LogP contribution in [0.5, 0.6) is 0 Å². The van der Waals surface area contributed by atoms with E-state index in [9.17, 15) is 14.3 Å². The number of allylic oxidation sites excluding steroid dienone is 10. The first-order valence-corrected chi connectivity index (χ1v) is 24.0. The van der Waals surface area contributed by atoms with Gasteiger partial charge in [0.1, 0.15) is 19.3 Å². The maximum absolute atomic E-state index is 12.7. The van der Waals surface area contributed by atoms with Crippen molar-refractivity contribution >= 4 is 13.8 Å². The number of hydrogen-bond acceptors (Lipinski definition) is 6. The minimum Gasteiger partial charge on any atom is -0.457 e. The number of phosphoric acid groups is 1. The number of carbonyl (C=O) groups is 1. The largest absolute Gasteiger partial charge is 0.472 e. The topological polar surface area (TPSA) is 91.3 Å². The molecular formula is C47H87NO7P+. The molecule has 8 nitrogen and oxygen atoms in total. The summed E-state index contributed by atoms with van der Waals surface area (Å²) < 4.78 is 35.0. The lowest BCUT2D eigenvalue weighted by Crippen LogP contribution is -2.37. The lowest BCUT2D eigenvalue weighted by Gasteiger charge is -2.24. The number of unbranched alkanes of at least 4 members (excludes halogenated alkanes) is 17. The summed E-state index contributed by atoms with van der Waals surface area (Å²) >= 11 is 0. The summed E-state index contributed by atoms with van der Waals surface area (Å²) in [5.41, 5.74) is 0. The van der Waals surface area contributed by atoms with Crippen LogP contribution in [0.3, 0.4) is 0 Å². The van der Waals surface area contributed by atoms with Gasteiger partial charge in [0.25, 0.3) is 0 Å². The van der Waals surface area contributed by atoms with Gasteiger partial charge in [0.05, 0.1) is 34.4 Å². The van der Waals surface area contributed by atoms with Gasteiger partial charge in [0.2, 0.25) is 0 Å². The number of carbonyl (C=O) groups excluding carboxylic acids is 1. The van der Waals surface area contributed by atoms with E-state index in [-0.39, 0.29) is 25.8 Å². The van der Waals surface area contributed by atoms with Crippen molar-refractivity contribution in [2.24, 2.45) is 0 Å². The molecule has 0 saturated carbocycles. The van der Waals surface area contributed by atoms with E-state index in [1.54, 1.807) is 0 Å². The summed E-state index contributed by atoms with van der Waals surface area (Å²) in [6, 6.07) is 0. The Morgan fingerprint density at radius 2 is 1.04 bits per heavy atom. The molecule has 0 amide bonds. The molecule has 326 valence electrons. The van der Waals surface area contributed by atoms with E-state index in [4.69, 9.17) is 18.5 Å². The van der Waals surface area contributed by atoms with Crippen molar-refractivity contribution in [1.29, 1.82) is 0 Å². The Morgan fingerprint density at radius 1 is 0.571 bits per heavy atom. The monoisotopic (exact) mass is 809 g/mol. The van der Waals surface area contributed by atoms with E-state index < -0.39 is 13.9 Å². The van der Waals surface area contributed by atoms with Gasteiger partial charge in [-0.25, -0.2) is 4.57 Å². The summed E-state index contributed by atoms with van der Waals surface area (Å²) in [5.74, 6) is -0.329. The van der Waals surface area contributed by atoms with Gasteiger partial charge in [-0.3, -0.25) is 13.8 Å². The third kappa shape index (κ3) is 43.3. The molecule has 0 fully saturated rings. The zero-order chi connectivity index (χ0) is 41.3. The molecule has 2 atom stereocenters. The van der Waals surface area contributed by atoms with E-state index in [2.05, 4.69) is 74.6 Å². The molecule has 1 N–H and O–H groups in total. The van der Waals surface area contributed by atoms with Crippen LogP contribution in [0.1, 0.15) is 174 Å². The number of esters is 1. The second-order valence-electron chi connectivity index (χ2n) is 16.0. The molecule has 2 unspecified atom stereocenters. The molecule has 0 saturated heterocycles. The van der Waals surface area contributed by atoms with E-state index in [0.29, 0.717) is 24.1 Å².